The Morgan fingerprint density at radius 2 is 2.04 bits per heavy atom. The number of aliphatic imine (C=N–C) groups is 1. The third-order valence-electron chi connectivity index (χ3n) is 4.86. The molecule has 0 aromatic carbocycles. The summed E-state index contributed by atoms with van der Waals surface area (Å²) < 4.78 is 27.7. The Kier molecular flexibility index (Phi) is 6.85. The molecule has 0 aliphatic carbocycles. The second kappa shape index (κ2) is 8.70. The number of methoxy groups -OCH3 is 1. The normalized spacial score (nSPS) is 28.0. The third-order valence-corrected chi connectivity index (χ3v) is 6.63. The number of likely N-dealkylation sites (tertiary alicyclic amines) is 1. The van der Waals surface area contributed by atoms with E-state index in [-0.39, 0.29) is 47.7 Å². The topological polar surface area (TPSA) is 117 Å². The number of nitrogens with one attached hydrogen (secondary N) is 2. The van der Waals surface area contributed by atoms with Crippen molar-refractivity contribution in [2.24, 2.45) is 16.8 Å². The number of esters is 1. The van der Waals surface area contributed by atoms with Crippen LogP contribution in [0.15, 0.2) is 4.99 Å². The molecule has 10 heteroatoms. The zero-order valence-corrected chi connectivity index (χ0v) is 16.3. The van der Waals surface area contributed by atoms with Gasteiger partial charge in [0.15, 0.2) is 15.8 Å². The van der Waals surface area contributed by atoms with Gasteiger partial charge in [-0.3, -0.25) is 14.6 Å². The summed E-state index contributed by atoms with van der Waals surface area (Å²) in [4.78, 5) is 30.0. The van der Waals surface area contributed by atoms with Gasteiger partial charge in [0.2, 0.25) is 5.91 Å². The van der Waals surface area contributed by atoms with Gasteiger partial charge in [-0.25, -0.2) is 8.42 Å². The highest BCUT2D eigenvalue weighted by Gasteiger charge is 2.36. The van der Waals surface area contributed by atoms with Crippen LogP contribution < -0.4 is 10.6 Å². The summed E-state index contributed by atoms with van der Waals surface area (Å²) >= 11 is 0. The van der Waals surface area contributed by atoms with Crippen LogP contribution in [0.3, 0.4) is 0 Å². The fourth-order valence-corrected chi connectivity index (χ4v) is 5.10. The Labute approximate surface area is 154 Å². The quantitative estimate of drug-likeness (QED) is 0.352. The number of nitrogens with zero attached hydrogens (tertiary/aromatic N) is 2. The first-order valence-corrected chi connectivity index (χ1v) is 10.6. The summed E-state index contributed by atoms with van der Waals surface area (Å²) in [6.45, 7) is 3.59. The number of amides is 1. The lowest BCUT2D eigenvalue weighted by molar-refractivity contribution is -0.146. The minimum Gasteiger partial charge on any atom is -0.469 e. The van der Waals surface area contributed by atoms with Crippen molar-refractivity contribution in [3.8, 4) is 0 Å². The molecule has 3 unspecified atom stereocenters. The molecule has 2 rings (SSSR count). The van der Waals surface area contributed by atoms with Crippen molar-refractivity contribution in [1.29, 1.82) is 0 Å². The number of carbonyl (C=O) groups is 2. The fraction of sp³-hybridized carbons (Fsp3) is 0.812. The van der Waals surface area contributed by atoms with E-state index in [9.17, 15) is 18.0 Å². The lowest BCUT2D eigenvalue weighted by Crippen LogP contribution is -2.43. The van der Waals surface area contributed by atoms with Crippen molar-refractivity contribution >= 4 is 27.7 Å². The molecule has 0 aromatic rings. The first kappa shape index (κ1) is 20.5. The molecule has 2 fully saturated rings. The van der Waals surface area contributed by atoms with Crippen molar-refractivity contribution in [3.05, 3.63) is 0 Å². The highest BCUT2D eigenvalue weighted by molar-refractivity contribution is 7.91. The van der Waals surface area contributed by atoms with E-state index >= 15 is 0 Å². The molecular formula is C16H28N4O5S. The third kappa shape index (κ3) is 5.33. The standard InChI is InChI=1S/C16H28N4O5S/c1-11-8-20(9-13(11)15(22)25-3)16(17-2)18-6-4-14(21)19-12-5-7-26(23,24)10-12/h11-13H,4-10H2,1-3H3,(H,17,18)(H,19,21). The average Bonchev–Trinajstić information content (AvgIpc) is 3.13. The fourth-order valence-electron chi connectivity index (χ4n) is 3.43. The summed E-state index contributed by atoms with van der Waals surface area (Å²) in [5, 5.41) is 5.89. The Morgan fingerprint density at radius 3 is 2.62 bits per heavy atom. The molecule has 2 saturated heterocycles. The molecule has 2 N–H and O–H groups in total. The molecule has 2 aliphatic rings. The van der Waals surface area contributed by atoms with Crippen LogP contribution in [-0.4, -0.2) is 82.5 Å². The lowest BCUT2D eigenvalue weighted by Gasteiger charge is -2.21. The number of hydrogen-bond acceptors (Lipinski definition) is 6. The van der Waals surface area contributed by atoms with Gasteiger partial charge < -0.3 is 20.3 Å². The highest BCUT2D eigenvalue weighted by Crippen LogP contribution is 2.24. The van der Waals surface area contributed by atoms with Crippen LogP contribution in [0.2, 0.25) is 0 Å². The van der Waals surface area contributed by atoms with Crippen LogP contribution in [-0.2, 0) is 24.2 Å². The van der Waals surface area contributed by atoms with Gasteiger partial charge in [-0.05, 0) is 12.3 Å². The molecule has 0 saturated carbocycles. The van der Waals surface area contributed by atoms with E-state index in [2.05, 4.69) is 15.6 Å². The van der Waals surface area contributed by atoms with Crippen molar-refractivity contribution in [1.82, 2.24) is 15.5 Å². The van der Waals surface area contributed by atoms with Gasteiger partial charge in [0, 0.05) is 39.1 Å². The largest absolute Gasteiger partial charge is 0.469 e. The molecule has 26 heavy (non-hydrogen) atoms. The molecule has 9 nitrogen and oxygen atoms in total. The lowest BCUT2D eigenvalue weighted by atomic mass is 9.99. The van der Waals surface area contributed by atoms with Crippen LogP contribution in [0.5, 0.6) is 0 Å². The molecule has 3 atom stereocenters. The molecule has 2 heterocycles. The Bertz CT molecular complexity index is 664. The van der Waals surface area contributed by atoms with E-state index in [1.54, 1.807) is 7.05 Å². The van der Waals surface area contributed by atoms with E-state index < -0.39 is 9.84 Å². The maximum absolute atomic E-state index is 12.0. The first-order valence-electron chi connectivity index (χ1n) is 8.79. The number of carbonyl (C=O) groups excluding carboxylic acids is 2. The molecule has 0 radical (unpaired) electrons. The molecule has 1 amide bonds. The SMILES string of the molecule is CN=C(NCCC(=O)NC1CCS(=O)(=O)C1)N1CC(C)C(C(=O)OC)C1. The van der Waals surface area contributed by atoms with Crippen molar-refractivity contribution in [2.45, 2.75) is 25.8 Å². The number of guanidine groups is 1. The predicted octanol–water partition coefficient (Wildman–Crippen LogP) is -1.00. The molecule has 148 valence electrons. The van der Waals surface area contributed by atoms with Crippen molar-refractivity contribution in [2.75, 3.05) is 45.3 Å². The zero-order chi connectivity index (χ0) is 19.3. The van der Waals surface area contributed by atoms with E-state index in [4.69, 9.17) is 4.74 Å². The van der Waals surface area contributed by atoms with E-state index in [1.165, 1.54) is 7.11 Å². The van der Waals surface area contributed by atoms with E-state index in [0.29, 0.717) is 32.0 Å². The van der Waals surface area contributed by atoms with Gasteiger partial charge in [-0.1, -0.05) is 6.92 Å². The monoisotopic (exact) mass is 388 g/mol. The summed E-state index contributed by atoms with van der Waals surface area (Å²) in [5.74, 6) is 0.365. The van der Waals surface area contributed by atoms with Crippen molar-refractivity contribution < 1.29 is 22.7 Å². The summed E-state index contributed by atoms with van der Waals surface area (Å²) in [5.41, 5.74) is 0. The number of rotatable bonds is 5. The van der Waals surface area contributed by atoms with Crippen LogP contribution >= 0.6 is 0 Å². The second-order valence-electron chi connectivity index (χ2n) is 6.90. The maximum Gasteiger partial charge on any atom is 0.310 e. The summed E-state index contributed by atoms with van der Waals surface area (Å²) in [7, 11) is 0.0388. The van der Waals surface area contributed by atoms with Crippen LogP contribution in [0, 0.1) is 11.8 Å². The molecule has 0 bridgehead atoms. The van der Waals surface area contributed by atoms with Crippen molar-refractivity contribution in [3.63, 3.8) is 0 Å². The minimum atomic E-state index is -3.00. The average molecular weight is 388 g/mol. The second-order valence-corrected chi connectivity index (χ2v) is 9.13. The van der Waals surface area contributed by atoms with E-state index in [1.807, 2.05) is 11.8 Å². The Hall–Kier alpha value is -1.84. The molecule has 2 aliphatic heterocycles. The summed E-state index contributed by atoms with van der Waals surface area (Å²) in [6.07, 6.45) is 0.698. The number of hydrogen-bond donors (Lipinski definition) is 2. The molecular weight excluding hydrogens is 360 g/mol. The van der Waals surface area contributed by atoms with Crippen LogP contribution in [0.25, 0.3) is 0 Å². The maximum atomic E-state index is 12.0. The van der Waals surface area contributed by atoms with Gasteiger partial charge in [0.1, 0.15) is 0 Å². The van der Waals surface area contributed by atoms with Gasteiger partial charge in [0.25, 0.3) is 0 Å². The smallest absolute Gasteiger partial charge is 0.310 e. The minimum absolute atomic E-state index is 0.0222. The van der Waals surface area contributed by atoms with Gasteiger partial charge in [-0.15, -0.1) is 0 Å². The summed E-state index contributed by atoms with van der Waals surface area (Å²) in [6, 6.07) is -0.285. The van der Waals surface area contributed by atoms with E-state index in [0.717, 1.165) is 0 Å². The first-order chi connectivity index (χ1) is 12.3. The number of sulfone groups is 1. The molecule has 0 spiro atoms. The van der Waals surface area contributed by atoms with Gasteiger partial charge in [0.05, 0.1) is 24.5 Å². The number of ether oxygens (including phenoxy) is 1. The Morgan fingerprint density at radius 1 is 1.31 bits per heavy atom. The van der Waals surface area contributed by atoms with Crippen LogP contribution in [0.1, 0.15) is 19.8 Å². The molecule has 0 aromatic heterocycles. The van der Waals surface area contributed by atoms with Crippen LogP contribution in [0.4, 0.5) is 0 Å². The van der Waals surface area contributed by atoms with Gasteiger partial charge >= 0.3 is 5.97 Å². The van der Waals surface area contributed by atoms with Gasteiger partial charge in [-0.2, -0.15) is 0 Å². The Balaban J connectivity index is 1.75. The predicted molar refractivity (Wildman–Crippen MR) is 97.4 cm³/mol. The highest BCUT2D eigenvalue weighted by atomic mass is 32.2. The zero-order valence-electron chi connectivity index (χ0n) is 15.5.